The highest BCUT2D eigenvalue weighted by molar-refractivity contribution is 7.89. The third-order valence-corrected chi connectivity index (χ3v) is 8.34. The highest BCUT2D eigenvalue weighted by atomic mass is 32.2. The lowest BCUT2D eigenvalue weighted by atomic mass is 10.2. The molecule has 9 nitrogen and oxygen atoms in total. The SMILES string of the molecule is Cc1cc(NC(=O)c2ccco2)sc1C(=O)N1CCN(S(=O)(=O)c2ccccc2C#N)CC1. The average molecular weight is 485 g/mol. The van der Waals surface area contributed by atoms with E-state index in [-0.39, 0.29) is 48.3 Å². The van der Waals surface area contributed by atoms with Crippen molar-refractivity contribution in [2.75, 3.05) is 31.5 Å². The number of carbonyl (C=O) groups is 2. The van der Waals surface area contributed by atoms with Crippen molar-refractivity contribution in [2.45, 2.75) is 11.8 Å². The van der Waals surface area contributed by atoms with Gasteiger partial charge >= 0.3 is 0 Å². The molecule has 0 saturated carbocycles. The number of carbonyl (C=O) groups excluding carboxylic acids is 2. The highest BCUT2D eigenvalue weighted by Gasteiger charge is 2.32. The number of sulfonamides is 1. The molecule has 1 fully saturated rings. The number of nitrogens with one attached hydrogen (secondary N) is 1. The van der Waals surface area contributed by atoms with E-state index in [0.717, 1.165) is 16.9 Å². The molecule has 0 atom stereocenters. The summed E-state index contributed by atoms with van der Waals surface area (Å²) in [6, 6.07) is 12.9. The average Bonchev–Trinajstić information content (AvgIpc) is 3.49. The normalized spacial score (nSPS) is 14.6. The Kier molecular flexibility index (Phi) is 6.33. The van der Waals surface area contributed by atoms with E-state index in [9.17, 15) is 23.3 Å². The van der Waals surface area contributed by atoms with Crippen LogP contribution < -0.4 is 5.32 Å². The lowest BCUT2D eigenvalue weighted by Crippen LogP contribution is -2.50. The van der Waals surface area contributed by atoms with Crippen molar-refractivity contribution in [2.24, 2.45) is 0 Å². The second-order valence-electron chi connectivity index (χ2n) is 7.36. The number of benzene rings is 1. The number of thiophene rings is 1. The number of nitriles is 1. The van der Waals surface area contributed by atoms with Crippen LogP contribution in [-0.4, -0.2) is 55.6 Å². The summed E-state index contributed by atoms with van der Waals surface area (Å²) in [6.07, 6.45) is 1.41. The van der Waals surface area contributed by atoms with Crippen molar-refractivity contribution >= 4 is 38.2 Å². The first kappa shape index (κ1) is 22.7. The van der Waals surface area contributed by atoms with Crippen LogP contribution in [0.2, 0.25) is 0 Å². The van der Waals surface area contributed by atoms with Gasteiger partial charge in [-0.1, -0.05) is 12.1 Å². The van der Waals surface area contributed by atoms with Crippen molar-refractivity contribution in [3.8, 4) is 6.07 Å². The molecule has 3 aromatic rings. The minimum Gasteiger partial charge on any atom is -0.459 e. The molecular weight excluding hydrogens is 464 g/mol. The summed E-state index contributed by atoms with van der Waals surface area (Å²) >= 11 is 1.16. The Hall–Kier alpha value is -3.46. The molecule has 1 aliphatic rings. The monoisotopic (exact) mass is 484 g/mol. The fourth-order valence-electron chi connectivity index (χ4n) is 3.54. The Balaban J connectivity index is 1.43. The van der Waals surface area contributed by atoms with E-state index >= 15 is 0 Å². The van der Waals surface area contributed by atoms with Crippen LogP contribution in [-0.2, 0) is 10.0 Å². The first-order valence-corrected chi connectivity index (χ1v) is 12.3. The molecule has 11 heteroatoms. The predicted octanol–water partition coefficient (Wildman–Crippen LogP) is 2.92. The number of hydrogen-bond donors (Lipinski definition) is 1. The van der Waals surface area contributed by atoms with E-state index in [1.807, 2.05) is 6.07 Å². The molecule has 1 aromatic carbocycles. The van der Waals surface area contributed by atoms with Gasteiger partial charge in [0, 0.05) is 26.2 Å². The topological polar surface area (TPSA) is 124 Å². The fraction of sp³-hybridized carbons (Fsp3) is 0.227. The third kappa shape index (κ3) is 4.54. The van der Waals surface area contributed by atoms with E-state index in [0.29, 0.717) is 9.88 Å². The molecule has 0 spiro atoms. The standard InChI is InChI=1S/C22H20N4O5S2/c1-15-13-19(24-21(27)17-6-4-12-31-17)32-20(15)22(28)25-8-10-26(11-9-25)33(29,30)18-7-3-2-5-16(18)14-23/h2-7,12-13H,8-11H2,1H3,(H,24,27). The Morgan fingerprint density at radius 1 is 1.12 bits per heavy atom. The zero-order valence-electron chi connectivity index (χ0n) is 17.6. The molecule has 0 bridgehead atoms. The number of aryl methyl sites for hydroxylation is 1. The van der Waals surface area contributed by atoms with Crippen LogP contribution >= 0.6 is 11.3 Å². The molecule has 2 aromatic heterocycles. The van der Waals surface area contributed by atoms with E-state index in [1.54, 1.807) is 42.2 Å². The summed E-state index contributed by atoms with van der Waals surface area (Å²) in [6.45, 7) is 2.48. The maximum Gasteiger partial charge on any atom is 0.291 e. The van der Waals surface area contributed by atoms with Crippen molar-refractivity contribution in [1.29, 1.82) is 5.26 Å². The maximum atomic E-state index is 13.1. The molecule has 0 radical (unpaired) electrons. The van der Waals surface area contributed by atoms with Gasteiger partial charge in [0.05, 0.1) is 26.6 Å². The number of hydrogen-bond acceptors (Lipinski definition) is 7. The van der Waals surface area contributed by atoms with Crippen molar-refractivity contribution in [3.63, 3.8) is 0 Å². The molecule has 4 rings (SSSR count). The van der Waals surface area contributed by atoms with Gasteiger partial charge in [0.2, 0.25) is 10.0 Å². The number of piperazine rings is 1. The molecule has 0 unspecified atom stereocenters. The highest BCUT2D eigenvalue weighted by Crippen LogP contribution is 2.29. The van der Waals surface area contributed by atoms with Crippen LogP contribution in [0, 0.1) is 18.3 Å². The minimum atomic E-state index is -3.84. The van der Waals surface area contributed by atoms with Crippen LogP contribution in [0.1, 0.15) is 31.4 Å². The largest absolute Gasteiger partial charge is 0.459 e. The van der Waals surface area contributed by atoms with Gasteiger partial charge in [0.15, 0.2) is 5.76 Å². The van der Waals surface area contributed by atoms with Crippen LogP contribution in [0.4, 0.5) is 5.00 Å². The summed E-state index contributed by atoms with van der Waals surface area (Å²) in [5.41, 5.74) is 0.812. The van der Waals surface area contributed by atoms with Crippen LogP contribution in [0.5, 0.6) is 0 Å². The van der Waals surface area contributed by atoms with E-state index < -0.39 is 15.9 Å². The molecule has 33 heavy (non-hydrogen) atoms. The minimum absolute atomic E-state index is 0.0293. The van der Waals surface area contributed by atoms with Gasteiger partial charge < -0.3 is 14.6 Å². The second kappa shape index (κ2) is 9.19. The Morgan fingerprint density at radius 3 is 2.52 bits per heavy atom. The smallest absolute Gasteiger partial charge is 0.291 e. The summed E-state index contributed by atoms with van der Waals surface area (Å²) in [5.74, 6) is -0.452. The number of anilines is 1. The zero-order valence-corrected chi connectivity index (χ0v) is 19.3. The molecule has 1 aliphatic heterocycles. The Labute approximate surface area is 194 Å². The summed E-state index contributed by atoms with van der Waals surface area (Å²) in [7, 11) is -3.84. The lowest BCUT2D eigenvalue weighted by molar-refractivity contribution is 0.0702. The van der Waals surface area contributed by atoms with E-state index in [2.05, 4.69) is 5.32 Å². The van der Waals surface area contributed by atoms with Gasteiger partial charge in [-0.15, -0.1) is 11.3 Å². The lowest BCUT2D eigenvalue weighted by Gasteiger charge is -2.34. The van der Waals surface area contributed by atoms with Crippen LogP contribution in [0.25, 0.3) is 0 Å². The molecule has 1 saturated heterocycles. The second-order valence-corrected chi connectivity index (χ2v) is 10.3. The quantitative estimate of drug-likeness (QED) is 0.594. The van der Waals surface area contributed by atoms with Gasteiger partial charge in [0.25, 0.3) is 11.8 Å². The maximum absolute atomic E-state index is 13.1. The number of rotatable bonds is 5. The predicted molar refractivity (Wildman–Crippen MR) is 122 cm³/mol. The van der Waals surface area contributed by atoms with E-state index in [4.69, 9.17) is 4.42 Å². The Bertz CT molecular complexity index is 1330. The van der Waals surface area contributed by atoms with Gasteiger partial charge in [-0.2, -0.15) is 9.57 Å². The summed E-state index contributed by atoms with van der Waals surface area (Å²) in [4.78, 5) is 27.3. The summed E-state index contributed by atoms with van der Waals surface area (Å²) in [5, 5.41) is 12.5. The zero-order chi connectivity index (χ0) is 23.6. The number of furan rings is 1. The fourth-order valence-corrected chi connectivity index (χ4v) is 6.14. The van der Waals surface area contributed by atoms with Crippen LogP contribution in [0.15, 0.2) is 58.0 Å². The van der Waals surface area contributed by atoms with Crippen molar-refractivity contribution < 1.29 is 22.4 Å². The summed E-state index contributed by atoms with van der Waals surface area (Å²) < 4.78 is 32.4. The van der Waals surface area contributed by atoms with Gasteiger partial charge in [-0.05, 0) is 42.8 Å². The van der Waals surface area contributed by atoms with Crippen molar-refractivity contribution in [3.05, 3.63) is 70.5 Å². The third-order valence-electron chi connectivity index (χ3n) is 5.24. The number of nitrogens with zero attached hydrogens (tertiary/aromatic N) is 3. The first-order valence-electron chi connectivity index (χ1n) is 10.0. The molecular formula is C22H20N4O5S2. The molecule has 2 amide bonds. The number of amides is 2. The first-order chi connectivity index (χ1) is 15.8. The van der Waals surface area contributed by atoms with Gasteiger partial charge in [0.1, 0.15) is 6.07 Å². The van der Waals surface area contributed by atoms with Crippen LogP contribution in [0.3, 0.4) is 0 Å². The Morgan fingerprint density at radius 2 is 1.85 bits per heavy atom. The molecule has 0 aliphatic carbocycles. The molecule has 170 valence electrons. The van der Waals surface area contributed by atoms with Crippen molar-refractivity contribution in [1.82, 2.24) is 9.21 Å². The van der Waals surface area contributed by atoms with Gasteiger partial charge in [-0.25, -0.2) is 8.42 Å². The molecule has 1 N–H and O–H groups in total. The van der Waals surface area contributed by atoms with Gasteiger partial charge in [-0.3, -0.25) is 9.59 Å². The van der Waals surface area contributed by atoms with E-state index in [1.165, 1.54) is 22.7 Å². The molecule has 3 heterocycles.